The van der Waals surface area contributed by atoms with Crippen LogP contribution in [0.15, 0.2) is 36.5 Å². The number of para-hydroxylation sites is 1. The number of carbonyl (C=O) groups excluding carboxylic acids is 1. The zero-order valence-electron chi connectivity index (χ0n) is 9.53. The summed E-state index contributed by atoms with van der Waals surface area (Å²) < 4.78 is 0. The van der Waals surface area contributed by atoms with Crippen molar-refractivity contribution in [2.24, 2.45) is 0 Å². The van der Waals surface area contributed by atoms with Gasteiger partial charge < -0.3 is 5.32 Å². The predicted octanol–water partition coefficient (Wildman–Crippen LogP) is 2.62. The van der Waals surface area contributed by atoms with Gasteiger partial charge in [-0.1, -0.05) is 25.1 Å². The molecule has 0 aliphatic heterocycles. The predicted molar refractivity (Wildman–Crippen MR) is 67.0 cm³/mol. The van der Waals surface area contributed by atoms with Crippen LogP contribution in [0.3, 0.4) is 0 Å². The number of urea groups is 1. The van der Waals surface area contributed by atoms with Crippen molar-refractivity contribution in [2.75, 3.05) is 10.6 Å². The molecule has 0 radical (unpaired) electrons. The van der Waals surface area contributed by atoms with Crippen molar-refractivity contribution in [2.45, 2.75) is 13.3 Å². The Balaban J connectivity index is 1.98. The molecule has 0 unspecified atom stereocenters. The van der Waals surface area contributed by atoms with E-state index in [1.54, 1.807) is 6.20 Å². The quantitative estimate of drug-likeness (QED) is 0.758. The second-order valence-corrected chi connectivity index (χ2v) is 3.57. The van der Waals surface area contributed by atoms with Crippen LogP contribution in [-0.2, 0) is 6.42 Å². The van der Waals surface area contributed by atoms with Gasteiger partial charge in [-0.05, 0) is 18.6 Å². The Bertz CT molecular complexity index is 492. The van der Waals surface area contributed by atoms with Gasteiger partial charge >= 0.3 is 6.03 Å². The Hall–Kier alpha value is -2.30. The first-order valence-electron chi connectivity index (χ1n) is 5.45. The minimum atomic E-state index is -0.282. The van der Waals surface area contributed by atoms with E-state index in [0.717, 1.165) is 17.7 Å². The Morgan fingerprint density at radius 1 is 1.29 bits per heavy atom. The number of H-pyrrole nitrogens is 1. The van der Waals surface area contributed by atoms with Crippen LogP contribution in [0.1, 0.15) is 12.5 Å². The Morgan fingerprint density at radius 3 is 2.76 bits per heavy atom. The highest BCUT2D eigenvalue weighted by Gasteiger charge is 2.07. The van der Waals surface area contributed by atoms with Crippen molar-refractivity contribution in [1.29, 1.82) is 0 Å². The molecule has 0 atom stereocenters. The maximum Gasteiger partial charge on any atom is 0.324 e. The van der Waals surface area contributed by atoms with Crippen LogP contribution in [-0.4, -0.2) is 16.2 Å². The summed E-state index contributed by atoms with van der Waals surface area (Å²) in [5, 5.41) is 12.1. The summed E-state index contributed by atoms with van der Waals surface area (Å²) >= 11 is 0. The van der Waals surface area contributed by atoms with E-state index >= 15 is 0 Å². The molecule has 2 rings (SSSR count). The van der Waals surface area contributed by atoms with Crippen LogP contribution in [0.4, 0.5) is 16.3 Å². The molecule has 0 saturated heterocycles. The molecule has 5 heteroatoms. The van der Waals surface area contributed by atoms with E-state index in [4.69, 9.17) is 0 Å². The minimum absolute atomic E-state index is 0.282. The van der Waals surface area contributed by atoms with E-state index in [9.17, 15) is 4.79 Å². The van der Waals surface area contributed by atoms with Gasteiger partial charge in [0.2, 0.25) is 0 Å². The van der Waals surface area contributed by atoms with Crippen molar-refractivity contribution < 1.29 is 4.79 Å². The molecule has 0 fully saturated rings. The highest BCUT2D eigenvalue weighted by atomic mass is 16.2. The standard InChI is InChI=1S/C12H14N4O/c1-2-9-8-13-16-11(9)15-12(17)14-10-6-4-3-5-7-10/h3-8H,2H2,1H3,(H3,13,14,15,16,17). The van der Waals surface area contributed by atoms with Gasteiger partial charge in [0, 0.05) is 11.3 Å². The van der Waals surface area contributed by atoms with Crippen molar-refractivity contribution in [3.8, 4) is 0 Å². The third kappa shape index (κ3) is 2.84. The van der Waals surface area contributed by atoms with Crippen molar-refractivity contribution in [1.82, 2.24) is 10.2 Å². The van der Waals surface area contributed by atoms with E-state index in [1.165, 1.54) is 0 Å². The normalized spacial score (nSPS) is 9.94. The summed E-state index contributed by atoms with van der Waals surface area (Å²) in [7, 11) is 0. The molecular formula is C12H14N4O. The number of hydrogen-bond acceptors (Lipinski definition) is 2. The van der Waals surface area contributed by atoms with Gasteiger partial charge in [-0.15, -0.1) is 0 Å². The van der Waals surface area contributed by atoms with E-state index in [1.807, 2.05) is 37.3 Å². The van der Waals surface area contributed by atoms with Crippen LogP contribution < -0.4 is 10.6 Å². The zero-order valence-corrected chi connectivity index (χ0v) is 9.53. The van der Waals surface area contributed by atoms with Gasteiger partial charge in [0.15, 0.2) is 0 Å². The fourth-order valence-corrected chi connectivity index (χ4v) is 1.48. The van der Waals surface area contributed by atoms with E-state index < -0.39 is 0 Å². The fourth-order valence-electron chi connectivity index (χ4n) is 1.48. The van der Waals surface area contributed by atoms with Gasteiger partial charge in [0.25, 0.3) is 0 Å². The molecule has 2 aromatic rings. The van der Waals surface area contributed by atoms with Crippen molar-refractivity contribution in [3.63, 3.8) is 0 Å². The lowest BCUT2D eigenvalue weighted by Crippen LogP contribution is -2.20. The number of nitrogens with zero attached hydrogens (tertiary/aromatic N) is 1. The number of aromatic nitrogens is 2. The van der Waals surface area contributed by atoms with Crippen LogP contribution in [0.5, 0.6) is 0 Å². The number of benzene rings is 1. The van der Waals surface area contributed by atoms with Crippen molar-refractivity contribution >= 4 is 17.5 Å². The molecule has 3 N–H and O–H groups in total. The molecule has 0 spiro atoms. The molecule has 5 nitrogen and oxygen atoms in total. The number of rotatable bonds is 3. The van der Waals surface area contributed by atoms with Crippen LogP contribution >= 0.6 is 0 Å². The van der Waals surface area contributed by atoms with Gasteiger partial charge in [0.1, 0.15) is 5.82 Å². The largest absolute Gasteiger partial charge is 0.324 e. The SMILES string of the molecule is CCc1cn[nH]c1NC(=O)Nc1ccccc1. The lowest BCUT2D eigenvalue weighted by atomic mass is 10.2. The molecule has 0 aliphatic rings. The molecule has 2 amide bonds. The number of carbonyl (C=O) groups is 1. The number of anilines is 2. The third-order valence-electron chi connectivity index (χ3n) is 2.37. The second-order valence-electron chi connectivity index (χ2n) is 3.57. The highest BCUT2D eigenvalue weighted by molar-refractivity contribution is 5.99. The van der Waals surface area contributed by atoms with Gasteiger partial charge in [-0.2, -0.15) is 5.10 Å². The summed E-state index contributed by atoms with van der Waals surface area (Å²) in [6.07, 6.45) is 2.52. The average molecular weight is 230 g/mol. The summed E-state index contributed by atoms with van der Waals surface area (Å²) in [4.78, 5) is 11.7. The fraction of sp³-hybridized carbons (Fsp3) is 0.167. The minimum Gasteiger partial charge on any atom is -0.308 e. The van der Waals surface area contributed by atoms with Crippen molar-refractivity contribution in [3.05, 3.63) is 42.1 Å². The topological polar surface area (TPSA) is 69.8 Å². The molecule has 88 valence electrons. The summed E-state index contributed by atoms with van der Waals surface area (Å²) in [6.45, 7) is 2.01. The first kappa shape index (κ1) is 11.2. The number of aryl methyl sites for hydroxylation is 1. The molecule has 0 saturated carbocycles. The molecule has 17 heavy (non-hydrogen) atoms. The zero-order chi connectivity index (χ0) is 12.1. The summed E-state index contributed by atoms with van der Waals surface area (Å²) in [6, 6.07) is 9.00. The second kappa shape index (κ2) is 5.16. The smallest absolute Gasteiger partial charge is 0.308 e. The maximum atomic E-state index is 11.7. The molecular weight excluding hydrogens is 216 g/mol. The van der Waals surface area contributed by atoms with Gasteiger partial charge in [-0.3, -0.25) is 10.4 Å². The number of amides is 2. The number of aromatic amines is 1. The number of hydrogen-bond donors (Lipinski definition) is 3. The molecule has 1 heterocycles. The summed E-state index contributed by atoms with van der Waals surface area (Å²) in [5.74, 6) is 0.640. The Morgan fingerprint density at radius 2 is 2.06 bits per heavy atom. The van der Waals surface area contributed by atoms with Gasteiger partial charge in [-0.25, -0.2) is 4.79 Å². The first-order chi connectivity index (χ1) is 8.29. The molecule has 1 aromatic carbocycles. The highest BCUT2D eigenvalue weighted by Crippen LogP contribution is 2.12. The van der Waals surface area contributed by atoms with Crippen LogP contribution in [0.2, 0.25) is 0 Å². The first-order valence-corrected chi connectivity index (χ1v) is 5.45. The Kier molecular flexibility index (Phi) is 3.40. The Labute approximate surface area is 99.2 Å². The van der Waals surface area contributed by atoms with Gasteiger partial charge in [0.05, 0.1) is 6.20 Å². The molecule has 0 aliphatic carbocycles. The maximum absolute atomic E-state index is 11.7. The molecule has 0 bridgehead atoms. The van der Waals surface area contributed by atoms with E-state index in [0.29, 0.717) is 5.82 Å². The monoisotopic (exact) mass is 230 g/mol. The lowest BCUT2D eigenvalue weighted by molar-refractivity contribution is 0.262. The lowest BCUT2D eigenvalue weighted by Gasteiger charge is -2.06. The number of nitrogens with one attached hydrogen (secondary N) is 3. The van der Waals surface area contributed by atoms with E-state index in [2.05, 4.69) is 20.8 Å². The van der Waals surface area contributed by atoms with Crippen LogP contribution in [0, 0.1) is 0 Å². The van der Waals surface area contributed by atoms with Crippen LogP contribution in [0.25, 0.3) is 0 Å². The molecule has 1 aromatic heterocycles. The average Bonchev–Trinajstić information content (AvgIpc) is 2.77. The van der Waals surface area contributed by atoms with E-state index in [-0.39, 0.29) is 6.03 Å². The summed E-state index contributed by atoms with van der Waals surface area (Å²) in [5.41, 5.74) is 1.73. The third-order valence-corrected chi connectivity index (χ3v) is 2.37.